The maximum atomic E-state index is 12.5. The third-order valence-electron chi connectivity index (χ3n) is 3.80. The molecule has 0 atom stereocenters. The molecule has 0 saturated heterocycles. The van der Waals surface area contributed by atoms with Crippen LogP contribution in [0.25, 0.3) is 10.8 Å². The highest BCUT2D eigenvalue weighted by Gasteiger charge is 2.13. The molecule has 1 aromatic heterocycles. The number of benzene rings is 2. The fourth-order valence-corrected chi connectivity index (χ4v) is 2.46. The van der Waals surface area contributed by atoms with E-state index in [1.165, 1.54) is 11.8 Å². The van der Waals surface area contributed by atoms with Crippen LogP contribution in [0.3, 0.4) is 0 Å². The number of carbonyl (C=O) groups excluding carboxylic acids is 1. The van der Waals surface area contributed by atoms with E-state index in [1.54, 1.807) is 24.3 Å². The van der Waals surface area contributed by atoms with Crippen molar-refractivity contribution in [2.45, 2.75) is 19.8 Å². The molecule has 0 aliphatic rings. The average Bonchev–Trinajstić information content (AvgIpc) is 2.56. The standard InChI is InChI=1S/C19H17NO3/c1-12(2)13-7-9-14(10-8-13)20-18(21)17-11-23-19(22)16-6-4-3-5-15(16)17/h3-12H,1-2H3,(H,20,21). The SMILES string of the molecule is CC(C)c1ccc(NC(=O)c2coc(=O)c3ccccc23)cc1. The Bertz CT molecular complexity index is 908. The second-order valence-electron chi connectivity index (χ2n) is 5.71. The Labute approximate surface area is 133 Å². The minimum absolute atomic E-state index is 0.303. The fraction of sp³-hybridized carbons (Fsp3) is 0.158. The summed E-state index contributed by atoms with van der Waals surface area (Å²) in [5, 5.41) is 3.82. The number of anilines is 1. The van der Waals surface area contributed by atoms with E-state index in [1.807, 2.05) is 24.3 Å². The van der Waals surface area contributed by atoms with Crippen LogP contribution in [0.4, 0.5) is 5.69 Å². The van der Waals surface area contributed by atoms with Crippen molar-refractivity contribution in [2.24, 2.45) is 0 Å². The molecule has 4 heteroatoms. The number of rotatable bonds is 3. The predicted molar refractivity (Wildman–Crippen MR) is 91.0 cm³/mol. The molecule has 2 aromatic carbocycles. The summed E-state index contributed by atoms with van der Waals surface area (Å²) in [4.78, 5) is 24.2. The minimum atomic E-state index is -0.446. The molecule has 0 fully saturated rings. The lowest BCUT2D eigenvalue weighted by molar-refractivity contribution is 0.102. The Hall–Kier alpha value is -2.88. The van der Waals surface area contributed by atoms with Crippen molar-refractivity contribution in [3.8, 4) is 0 Å². The highest BCUT2D eigenvalue weighted by molar-refractivity contribution is 6.12. The molecule has 3 rings (SSSR count). The molecular weight excluding hydrogens is 290 g/mol. The van der Waals surface area contributed by atoms with Gasteiger partial charge in [0, 0.05) is 11.1 Å². The summed E-state index contributed by atoms with van der Waals surface area (Å²) < 4.78 is 4.96. The van der Waals surface area contributed by atoms with Crippen LogP contribution in [0.5, 0.6) is 0 Å². The normalized spacial score (nSPS) is 10.9. The molecular formula is C19H17NO3. The van der Waals surface area contributed by atoms with E-state index in [0.29, 0.717) is 27.9 Å². The zero-order valence-electron chi connectivity index (χ0n) is 13.0. The molecule has 0 unspecified atom stereocenters. The Morgan fingerprint density at radius 2 is 1.65 bits per heavy atom. The maximum absolute atomic E-state index is 12.5. The van der Waals surface area contributed by atoms with Crippen LogP contribution in [-0.2, 0) is 0 Å². The molecule has 4 nitrogen and oxygen atoms in total. The number of nitrogens with one attached hydrogen (secondary N) is 1. The lowest BCUT2D eigenvalue weighted by atomic mass is 10.0. The molecule has 1 N–H and O–H groups in total. The largest absolute Gasteiger partial charge is 0.430 e. The van der Waals surface area contributed by atoms with Crippen LogP contribution >= 0.6 is 0 Å². The average molecular weight is 307 g/mol. The summed E-state index contributed by atoms with van der Waals surface area (Å²) in [6.45, 7) is 4.23. The molecule has 23 heavy (non-hydrogen) atoms. The second kappa shape index (κ2) is 6.08. The van der Waals surface area contributed by atoms with Gasteiger partial charge >= 0.3 is 5.63 Å². The predicted octanol–water partition coefficient (Wildman–Crippen LogP) is 4.17. The summed E-state index contributed by atoms with van der Waals surface area (Å²) in [6, 6.07) is 14.6. The van der Waals surface area contributed by atoms with Gasteiger partial charge in [0.25, 0.3) is 5.91 Å². The molecule has 0 saturated carbocycles. The lowest BCUT2D eigenvalue weighted by Gasteiger charge is -2.09. The van der Waals surface area contributed by atoms with Gasteiger partial charge in [0.2, 0.25) is 0 Å². The fourth-order valence-electron chi connectivity index (χ4n) is 2.46. The van der Waals surface area contributed by atoms with Crippen LogP contribution in [0.15, 0.2) is 64.0 Å². The molecule has 0 aliphatic carbocycles. The van der Waals surface area contributed by atoms with Crippen molar-refractivity contribution in [2.75, 3.05) is 5.32 Å². The summed E-state index contributed by atoms with van der Waals surface area (Å²) in [5.74, 6) is 0.134. The van der Waals surface area contributed by atoms with Crippen molar-refractivity contribution in [3.63, 3.8) is 0 Å². The van der Waals surface area contributed by atoms with Crippen LogP contribution in [0.1, 0.15) is 35.7 Å². The Balaban J connectivity index is 1.92. The topological polar surface area (TPSA) is 59.3 Å². The smallest absolute Gasteiger partial charge is 0.343 e. The van der Waals surface area contributed by atoms with Crippen molar-refractivity contribution in [1.29, 1.82) is 0 Å². The van der Waals surface area contributed by atoms with Crippen LogP contribution < -0.4 is 10.9 Å². The zero-order chi connectivity index (χ0) is 16.4. The number of fused-ring (bicyclic) bond motifs is 1. The summed E-state index contributed by atoms with van der Waals surface area (Å²) in [5.41, 5.74) is 1.81. The van der Waals surface area contributed by atoms with Gasteiger partial charge in [0.05, 0.1) is 10.9 Å². The monoisotopic (exact) mass is 307 g/mol. The van der Waals surface area contributed by atoms with Gasteiger partial charge < -0.3 is 9.73 Å². The van der Waals surface area contributed by atoms with Gasteiger partial charge in [-0.15, -0.1) is 0 Å². The summed E-state index contributed by atoms with van der Waals surface area (Å²) >= 11 is 0. The molecule has 0 spiro atoms. The van der Waals surface area contributed by atoms with Gasteiger partial charge in [0.1, 0.15) is 6.26 Å². The van der Waals surface area contributed by atoms with Crippen LogP contribution in [0.2, 0.25) is 0 Å². The van der Waals surface area contributed by atoms with Crippen molar-refractivity contribution < 1.29 is 9.21 Å². The molecule has 0 bridgehead atoms. The van der Waals surface area contributed by atoms with Crippen LogP contribution in [-0.4, -0.2) is 5.91 Å². The van der Waals surface area contributed by atoms with Crippen molar-refractivity contribution in [3.05, 3.63) is 76.3 Å². The first-order valence-corrected chi connectivity index (χ1v) is 7.48. The number of hydrogen-bond acceptors (Lipinski definition) is 3. The molecule has 0 radical (unpaired) electrons. The van der Waals surface area contributed by atoms with Gasteiger partial charge in [-0.2, -0.15) is 0 Å². The van der Waals surface area contributed by atoms with Crippen molar-refractivity contribution in [1.82, 2.24) is 0 Å². The van der Waals surface area contributed by atoms with Gasteiger partial charge in [0.15, 0.2) is 0 Å². The maximum Gasteiger partial charge on any atom is 0.343 e. The number of carbonyl (C=O) groups is 1. The van der Waals surface area contributed by atoms with E-state index >= 15 is 0 Å². The van der Waals surface area contributed by atoms with Gasteiger partial charge in [-0.1, -0.05) is 44.2 Å². The Morgan fingerprint density at radius 3 is 2.30 bits per heavy atom. The molecule has 0 aliphatic heterocycles. The highest BCUT2D eigenvalue weighted by Crippen LogP contribution is 2.20. The quantitative estimate of drug-likeness (QED) is 0.790. The third kappa shape index (κ3) is 3.01. The highest BCUT2D eigenvalue weighted by atomic mass is 16.4. The van der Waals surface area contributed by atoms with Crippen LogP contribution in [0, 0.1) is 0 Å². The Kier molecular flexibility index (Phi) is 3.98. The molecule has 3 aromatic rings. The number of amides is 1. The van der Waals surface area contributed by atoms with E-state index in [4.69, 9.17) is 4.42 Å². The minimum Gasteiger partial charge on any atom is -0.430 e. The third-order valence-corrected chi connectivity index (χ3v) is 3.80. The second-order valence-corrected chi connectivity index (χ2v) is 5.71. The molecule has 116 valence electrons. The summed E-state index contributed by atoms with van der Waals surface area (Å²) in [6.07, 6.45) is 1.21. The molecule has 1 amide bonds. The zero-order valence-corrected chi connectivity index (χ0v) is 13.0. The van der Waals surface area contributed by atoms with Crippen molar-refractivity contribution >= 4 is 22.4 Å². The van der Waals surface area contributed by atoms with E-state index in [9.17, 15) is 9.59 Å². The van der Waals surface area contributed by atoms with Gasteiger partial charge in [-0.05, 0) is 29.7 Å². The first-order valence-electron chi connectivity index (χ1n) is 7.48. The molecule has 1 heterocycles. The first kappa shape index (κ1) is 15.0. The van der Waals surface area contributed by atoms with Gasteiger partial charge in [-0.3, -0.25) is 4.79 Å². The number of hydrogen-bond donors (Lipinski definition) is 1. The van der Waals surface area contributed by atoms with Gasteiger partial charge in [-0.25, -0.2) is 4.79 Å². The first-order chi connectivity index (χ1) is 11.1. The van der Waals surface area contributed by atoms with E-state index in [2.05, 4.69) is 19.2 Å². The Morgan fingerprint density at radius 1 is 1.00 bits per heavy atom. The lowest BCUT2D eigenvalue weighted by Crippen LogP contribution is -2.14. The van der Waals surface area contributed by atoms with E-state index in [-0.39, 0.29) is 5.91 Å². The van der Waals surface area contributed by atoms with E-state index < -0.39 is 5.63 Å². The summed E-state index contributed by atoms with van der Waals surface area (Å²) in [7, 11) is 0. The van der Waals surface area contributed by atoms with E-state index in [0.717, 1.165) is 0 Å².